The summed E-state index contributed by atoms with van der Waals surface area (Å²) < 4.78 is 7.43. The van der Waals surface area contributed by atoms with Crippen molar-refractivity contribution < 1.29 is 4.74 Å². The molecule has 96 valence electrons. The molecule has 3 aromatic rings. The molecule has 0 saturated carbocycles. The fraction of sp³-hybridized carbons (Fsp3) is 0.200. The van der Waals surface area contributed by atoms with Crippen LogP contribution in [0.1, 0.15) is 5.56 Å². The number of fused-ring (bicyclic) bond motifs is 1. The zero-order valence-corrected chi connectivity index (χ0v) is 11.2. The summed E-state index contributed by atoms with van der Waals surface area (Å²) in [5.41, 5.74) is 3.95. The highest BCUT2D eigenvalue weighted by atomic mass is 16.5. The van der Waals surface area contributed by atoms with Crippen molar-refractivity contribution in [1.29, 1.82) is 0 Å². The average molecular weight is 253 g/mol. The first-order valence-electron chi connectivity index (χ1n) is 6.14. The highest BCUT2D eigenvalue weighted by molar-refractivity contribution is 5.78. The van der Waals surface area contributed by atoms with Gasteiger partial charge in [-0.2, -0.15) is 0 Å². The van der Waals surface area contributed by atoms with Crippen LogP contribution in [0, 0.1) is 6.92 Å². The number of imidazole rings is 1. The lowest BCUT2D eigenvalue weighted by molar-refractivity contribution is 0.412. The van der Waals surface area contributed by atoms with Crippen molar-refractivity contribution in [1.82, 2.24) is 14.5 Å². The molecule has 4 heteroatoms. The van der Waals surface area contributed by atoms with E-state index < -0.39 is 0 Å². The summed E-state index contributed by atoms with van der Waals surface area (Å²) in [6, 6.07) is 9.94. The molecule has 0 N–H and O–H groups in total. The van der Waals surface area contributed by atoms with Gasteiger partial charge >= 0.3 is 0 Å². The minimum Gasteiger partial charge on any atom is -0.496 e. The number of ether oxygens (including phenoxy) is 1. The van der Waals surface area contributed by atoms with Gasteiger partial charge in [0.2, 0.25) is 0 Å². The maximum Gasteiger partial charge on any atom is 0.178 e. The zero-order valence-electron chi connectivity index (χ0n) is 11.2. The van der Waals surface area contributed by atoms with E-state index in [1.54, 1.807) is 13.3 Å². The maximum absolute atomic E-state index is 5.37. The van der Waals surface area contributed by atoms with Crippen molar-refractivity contribution in [2.75, 3.05) is 7.11 Å². The molecule has 0 unspecified atom stereocenters. The maximum atomic E-state index is 5.37. The van der Waals surface area contributed by atoms with Gasteiger partial charge < -0.3 is 9.30 Å². The molecule has 0 aliphatic rings. The van der Waals surface area contributed by atoms with E-state index >= 15 is 0 Å². The lowest BCUT2D eigenvalue weighted by Gasteiger charge is -2.10. The largest absolute Gasteiger partial charge is 0.496 e. The third-order valence-corrected chi connectivity index (χ3v) is 3.40. The first-order valence-corrected chi connectivity index (χ1v) is 6.14. The average Bonchev–Trinajstić information content (AvgIpc) is 2.77. The fourth-order valence-electron chi connectivity index (χ4n) is 2.34. The Labute approximate surface area is 111 Å². The normalized spacial score (nSPS) is 10.9. The molecular weight excluding hydrogens is 238 g/mol. The number of hydrogen-bond acceptors (Lipinski definition) is 3. The predicted molar refractivity (Wildman–Crippen MR) is 75.2 cm³/mol. The molecule has 0 aliphatic carbocycles. The van der Waals surface area contributed by atoms with Gasteiger partial charge in [-0.3, -0.25) is 0 Å². The topological polar surface area (TPSA) is 39.9 Å². The summed E-state index contributed by atoms with van der Waals surface area (Å²) in [6.45, 7) is 2.04. The molecule has 0 fully saturated rings. The summed E-state index contributed by atoms with van der Waals surface area (Å²) in [7, 11) is 3.69. The van der Waals surface area contributed by atoms with Crippen LogP contribution in [0.15, 0.2) is 36.5 Å². The lowest BCUT2D eigenvalue weighted by atomic mass is 10.1. The second-order valence-electron chi connectivity index (χ2n) is 4.47. The third kappa shape index (κ3) is 1.76. The number of aromatic nitrogens is 3. The zero-order chi connectivity index (χ0) is 13.4. The van der Waals surface area contributed by atoms with E-state index in [9.17, 15) is 0 Å². The molecule has 0 radical (unpaired) electrons. The van der Waals surface area contributed by atoms with E-state index in [4.69, 9.17) is 4.74 Å². The molecule has 4 nitrogen and oxygen atoms in total. The SMILES string of the molecule is COc1cccc(-c2nc3ncccc3n2C)c1C. The van der Waals surface area contributed by atoms with Gasteiger partial charge in [0.05, 0.1) is 12.6 Å². The molecule has 1 aromatic carbocycles. The summed E-state index contributed by atoms with van der Waals surface area (Å²) in [4.78, 5) is 8.91. The number of aryl methyl sites for hydroxylation is 1. The van der Waals surface area contributed by atoms with E-state index in [0.717, 1.165) is 33.9 Å². The van der Waals surface area contributed by atoms with Crippen molar-refractivity contribution in [3.63, 3.8) is 0 Å². The van der Waals surface area contributed by atoms with Gasteiger partial charge in [0.15, 0.2) is 5.65 Å². The third-order valence-electron chi connectivity index (χ3n) is 3.40. The van der Waals surface area contributed by atoms with Crippen molar-refractivity contribution in [2.24, 2.45) is 7.05 Å². The van der Waals surface area contributed by atoms with E-state index in [-0.39, 0.29) is 0 Å². The van der Waals surface area contributed by atoms with Gasteiger partial charge in [0.1, 0.15) is 11.6 Å². The summed E-state index contributed by atoms with van der Waals surface area (Å²) in [5, 5.41) is 0. The summed E-state index contributed by atoms with van der Waals surface area (Å²) in [6.07, 6.45) is 1.76. The van der Waals surface area contributed by atoms with E-state index in [2.05, 4.69) is 20.6 Å². The first-order chi connectivity index (χ1) is 9.22. The van der Waals surface area contributed by atoms with Gasteiger partial charge in [0.25, 0.3) is 0 Å². The molecule has 19 heavy (non-hydrogen) atoms. The Bertz CT molecular complexity index is 746. The summed E-state index contributed by atoms with van der Waals surface area (Å²) >= 11 is 0. The first kappa shape index (κ1) is 11.7. The van der Waals surface area contributed by atoms with Gasteiger partial charge in [0, 0.05) is 24.4 Å². The monoisotopic (exact) mass is 253 g/mol. The van der Waals surface area contributed by atoms with Crippen molar-refractivity contribution in [2.45, 2.75) is 6.92 Å². The molecule has 0 amide bonds. The van der Waals surface area contributed by atoms with Crippen molar-refractivity contribution >= 4 is 11.2 Å². The lowest BCUT2D eigenvalue weighted by Crippen LogP contribution is -1.96. The molecule has 3 rings (SSSR count). The number of rotatable bonds is 2. The van der Waals surface area contributed by atoms with Gasteiger partial charge in [-0.25, -0.2) is 9.97 Å². The van der Waals surface area contributed by atoms with Crippen LogP contribution in [-0.2, 0) is 7.05 Å². The Morgan fingerprint density at radius 3 is 2.74 bits per heavy atom. The van der Waals surface area contributed by atoms with E-state index in [1.165, 1.54) is 0 Å². The summed E-state index contributed by atoms with van der Waals surface area (Å²) in [5.74, 6) is 1.78. The highest BCUT2D eigenvalue weighted by Crippen LogP contribution is 2.30. The van der Waals surface area contributed by atoms with Crippen LogP contribution in [0.3, 0.4) is 0 Å². The van der Waals surface area contributed by atoms with Crippen LogP contribution in [0.4, 0.5) is 0 Å². The number of hydrogen-bond donors (Lipinski definition) is 0. The van der Waals surface area contributed by atoms with Gasteiger partial charge in [-0.1, -0.05) is 12.1 Å². The smallest absolute Gasteiger partial charge is 0.178 e. The molecule has 0 aliphatic heterocycles. The minimum absolute atomic E-state index is 0.766. The van der Waals surface area contributed by atoms with Crippen LogP contribution < -0.4 is 4.74 Å². The van der Waals surface area contributed by atoms with Gasteiger partial charge in [-0.15, -0.1) is 0 Å². The number of methoxy groups -OCH3 is 1. The second-order valence-corrected chi connectivity index (χ2v) is 4.47. The molecule has 2 aromatic heterocycles. The van der Waals surface area contributed by atoms with Crippen LogP contribution in [-0.4, -0.2) is 21.6 Å². The highest BCUT2D eigenvalue weighted by Gasteiger charge is 2.14. The van der Waals surface area contributed by atoms with Gasteiger partial charge in [-0.05, 0) is 25.1 Å². The minimum atomic E-state index is 0.766. The van der Waals surface area contributed by atoms with Crippen LogP contribution >= 0.6 is 0 Å². The van der Waals surface area contributed by atoms with Crippen LogP contribution in [0.25, 0.3) is 22.6 Å². The van der Waals surface area contributed by atoms with Crippen molar-refractivity contribution in [3.05, 3.63) is 42.1 Å². The van der Waals surface area contributed by atoms with Crippen LogP contribution in [0.5, 0.6) is 5.75 Å². The Morgan fingerprint density at radius 1 is 1.16 bits per heavy atom. The Morgan fingerprint density at radius 2 is 2.00 bits per heavy atom. The molecule has 0 spiro atoms. The predicted octanol–water partition coefficient (Wildman–Crippen LogP) is 2.95. The van der Waals surface area contributed by atoms with E-state index in [0.29, 0.717) is 0 Å². The van der Waals surface area contributed by atoms with Crippen molar-refractivity contribution in [3.8, 4) is 17.1 Å². The van der Waals surface area contributed by atoms with Crippen LogP contribution in [0.2, 0.25) is 0 Å². The van der Waals surface area contributed by atoms with E-state index in [1.807, 2.05) is 38.2 Å². The molecule has 0 saturated heterocycles. The number of benzene rings is 1. The number of nitrogens with zero attached hydrogens (tertiary/aromatic N) is 3. The second kappa shape index (κ2) is 4.39. The fourth-order valence-corrected chi connectivity index (χ4v) is 2.34. The Balaban J connectivity index is 2.28. The number of pyridine rings is 1. The molecule has 2 heterocycles. The molecule has 0 atom stereocenters. The Hall–Kier alpha value is -2.36. The quantitative estimate of drug-likeness (QED) is 0.705. The molecule has 0 bridgehead atoms. The standard InChI is InChI=1S/C15H15N3O/c1-10-11(6-4-8-13(10)19-3)15-17-14-12(18(15)2)7-5-9-16-14/h4-9H,1-3H3. The molecular formula is C15H15N3O. The Kier molecular flexibility index (Phi) is 2.71.